The van der Waals surface area contributed by atoms with E-state index in [1.165, 1.54) is 98.8 Å². The number of para-hydroxylation sites is 4. The van der Waals surface area contributed by atoms with Gasteiger partial charge < -0.3 is 0 Å². The van der Waals surface area contributed by atoms with Gasteiger partial charge in [-0.25, -0.2) is 19.9 Å². The predicted molar refractivity (Wildman–Crippen MR) is 250 cm³/mol. The summed E-state index contributed by atoms with van der Waals surface area (Å²) in [4.78, 5) is 21.2. The fourth-order valence-electron chi connectivity index (χ4n) is 12.9. The number of benzene rings is 2. The third-order valence-electron chi connectivity index (χ3n) is 15.8. The molecule has 8 heteroatoms. The number of rotatable bonds is 6. The van der Waals surface area contributed by atoms with Gasteiger partial charge in [0.25, 0.3) is 0 Å². The average Bonchev–Trinajstić information content (AvgIpc) is 3.14. The topological polar surface area (TPSA) is 51.6 Å². The van der Waals surface area contributed by atoms with Gasteiger partial charge in [0.1, 0.15) is 0 Å². The maximum atomic E-state index is 5.56. The van der Waals surface area contributed by atoms with Crippen LogP contribution in [-0.4, -0.2) is 67.2 Å². The minimum Gasteiger partial charge on any atom is -0.244 e. The second-order valence-electron chi connectivity index (χ2n) is 21.6. The summed E-state index contributed by atoms with van der Waals surface area (Å²) in [5.74, 6) is 6.08. The van der Waals surface area contributed by atoms with E-state index in [0.29, 0.717) is 10.3 Å². The minimum absolute atomic E-state index is 0.245. The van der Waals surface area contributed by atoms with Crippen LogP contribution in [0.5, 0.6) is 0 Å². The molecule has 4 unspecified atom stereocenters. The van der Waals surface area contributed by atoms with Crippen LogP contribution in [0.3, 0.4) is 0 Å². The van der Waals surface area contributed by atoms with Crippen molar-refractivity contribution in [1.82, 2.24) is 19.9 Å². The largest absolute Gasteiger partial charge is 0.244 e. The van der Waals surface area contributed by atoms with Crippen LogP contribution in [0.25, 0.3) is 22.1 Å². The second-order valence-corrected chi connectivity index (χ2v) is 32.3. The Bertz CT molecular complexity index is 1880. The fraction of sp³-hybridized carbons (Fsp3) is 0.667. The number of hydrogen-bond donors (Lipinski definition) is 0. The van der Waals surface area contributed by atoms with Crippen molar-refractivity contribution in [3.63, 3.8) is 0 Å². The molecule has 0 radical (unpaired) electrons. The van der Waals surface area contributed by atoms with Gasteiger partial charge in [0.2, 0.25) is 0 Å². The molecule has 8 bridgehead atoms. The molecule has 2 heterocycles. The Morgan fingerprint density at radius 2 is 0.643 bits per heavy atom. The Morgan fingerprint density at radius 1 is 0.411 bits per heavy atom. The summed E-state index contributed by atoms with van der Waals surface area (Å²) in [6.45, 7) is 23.9. The molecule has 8 saturated carbocycles. The van der Waals surface area contributed by atoms with E-state index in [2.05, 4.69) is 105 Å². The second kappa shape index (κ2) is 14.8. The first-order chi connectivity index (χ1) is 26.5. The van der Waals surface area contributed by atoms with Gasteiger partial charge in [-0.15, -0.1) is 0 Å². The molecule has 2 aromatic heterocycles. The Balaban J connectivity index is 0.000000163. The highest BCUT2D eigenvalue weighted by Crippen LogP contribution is 2.69. The fourth-order valence-corrected chi connectivity index (χ4v) is 22.5. The normalized spacial score (nSPS) is 34.0. The van der Waals surface area contributed by atoms with Gasteiger partial charge in [0.05, 0.1) is 43.8 Å². The summed E-state index contributed by atoms with van der Waals surface area (Å²) in [7, 11) is -1.25. The maximum absolute atomic E-state index is 5.56. The van der Waals surface area contributed by atoms with Gasteiger partial charge >= 0.3 is 0 Å². The van der Waals surface area contributed by atoms with Gasteiger partial charge in [0.15, 0.2) is 0 Å². The lowest BCUT2D eigenvalue weighted by Gasteiger charge is -2.60. The number of fused-ring (bicyclic) bond motifs is 2. The van der Waals surface area contributed by atoms with Gasteiger partial charge in [-0.2, -0.15) is 0 Å². The molecule has 300 valence electrons. The molecule has 2 aromatic carbocycles. The molecule has 4 atom stereocenters. The van der Waals surface area contributed by atoms with Gasteiger partial charge in [0, 0.05) is 0 Å². The van der Waals surface area contributed by atoms with Gasteiger partial charge in [-0.3, -0.25) is 0 Å². The van der Waals surface area contributed by atoms with Crippen LogP contribution in [-0.2, 0) is 0 Å². The Labute approximate surface area is 343 Å². The zero-order valence-corrected chi connectivity index (χ0v) is 39.7. The van der Waals surface area contributed by atoms with Crippen LogP contribution >= 0.6 is 31.7 Å². The van der Waals surface area contributed by atoms with Crippen LogP contribution in [0.1, 0.15) is 119 Å². The van der Waals surface area contributed by atoms with E-state index in [4.69, 9.17) is 19.9 Å². The first kappa shape index (κ1) is 40.3. The number of hydrogen-bond acceptors (Lipinski definition) is 4. The van der Waals surface area contributed by atoms with Crippen LogP contribution in [0.2, 0.25) is 0 Å². The molecule has 8 aliphatic carbocycles. The van der Waals surface area contributed by atoms with E-state index in [1.807, 2.05) is 12.1 Å². The molecule has 8 aliphatic rings. The summed E-state index contributed by atoms with van der Waals surface area (Å²) < 4.78 is 0. The molecule has 0 N–H and O–H groups in total. The van der Waals surface area contributed by atoms with Crippen molar-refractivity contribution in [2.75, 3.05) is 26.7 Å². The monoisotopic (exact) mass is 824 g/mol. The van der Waals surface area contributed by atoms with E-state index >= 15 is 0 Å². The van der Waals surface area contributed by atoms with Gasteiger partial charge in [-0.1, -0.05) is 81.7 Å². The molecule has 4 aromatic rings. The third-order valence-corrected chi connectivity index (χ3v) is 27.9. The molecule has 4 nitrogen and oxygen atoms in total. The summed E-state index contributed by atoms with van der Waals surface area (Å²) >= 11 is 0. The van der Waals surface area contributed by atoms with E-state index < -0.39 is 0 Å². The highest BCUT2D eigenvalue weighted by atomic mass is 31.1. The first-order valence-corrected chi connectivity index (χ1v) is 29.1. The molecular weight excluding hydrogens is 756 g/mol. The molecule has 56 heavy (non-hydrogen) atoms. The molecule has 0 aliphatic heterocycles. The van der Waals surface area contributed by atoms with E-state index in [-0.39, 0.29) is 42.0 Å². The minimum atomic E-state index is -0.348. The lowest BCUT2D eigenvalue weighted by Crippen LogP contribution is -2.53. The van der Waals surface area contributed by atoms with E-state index in [9.17, 15) is 0 Å². The number of aromatic nitrogens is 4. The quantitative estimate of drug-likeness (QED) is 0.182. The lowest BCUT2D eigenvalue weighted by molar-refractivity contribution is 0.0359. The SMILES string of the molecule is CP(c1nc2ccccc2nc1P(C)C(C)(C)C)C(C)(C)C.CP(c1nc2ccccc2nc1P(C)C12CC3CC(CC(C3)C1)C2)C12CC3CC(CC(C3)C1)C2. The van der Waals surface area contributed by atoms with Crippen LogP contribution in [0.4, 0.5) is 0 Å². The summed E-state index contributed by atoms with van der Waals surface area (Å²) in [5.41, 5.74) is 9.85. The van der Waals surface area contributed by atoms with Crippen molar-refractivity contribution >= 4 is 75.5 Å². The third kappa shape index (κ3) is 7.37. The Kier molecular flexibility index (Phi) is 10.6. The highest BCUT2D eigenvalue weighted by molar-refractivity contribution is 7.73. The molecule has 0 spiro atoms. The first-order valence-electron chi connectivity index (χ1n) is 22.0. The van der Waals surface area contributed by atoms with Crippen molar-refractivity contribution in [3.05, 3.63) is 48.5 Å². The highest BCUT2D eigenvalue weighted by Gasteiger charge is 2.57. The van der Waals surface area contributed by atoms with Crippen molar-refractivity contribution < 1.29 is 0 Å². The van der Waals surface area contributed by atoms with Crippen molar-refractivity contribution in [3.8, 4) is 0 Å². The summed E-state index contributed by atoms with van der Waals surface area (Å²) in [6, 6.07) is 17.0. The zero-order chi connectivity index (χ0) is 39.4. The molecular formula is C48H68N4P4. The van der Waals surface area contributed by atoms with Crippen molar-refractivity contribution in [2.45, 2.75) is 139 Å². The average molecular weight is 825 g/mol. The van der Waals surface area contributed by atoms with Gasteiger partial charge in [-0.05, 0) is 200 Å². The summed E-state index contributed by atoms with van der Waals surface area (Å²) in [6.07, 6.45) is 18.2. The Morgan fingerprint density at radius 3 is 0.875 bits per heavy atom. The molecule has 0 saturated heterocycles. The smallest absolute Gasteiger partial charge is 0.0900 e. The standard InChI is InChI=1S/C30H40N2P2.C18H28N2P2/c1-33(29-13-19-7-20(14-29)9-21(8-19)15-29)27-28(32-26-6-4-3-5-25(26)31-27)34(2)30-16-22-10-23(17-30)12-24(11-22)18-30;1-17(2,3)21(7)15-16(22(8)18(4,5)6)20-14-12-10-9-11-13(14)19-15/h3-6,19-24H,7-18H2,1-2H3;9-12H,1-8H3. The van der Waals surface area contributed by atoms with E-state index in [0.717, 1.165) is 57.6 Å². The van der Waals surface area contributed by atoms with Crippen LogP contribution in [0.15, 0.2) is 48.5 Å². The lowest BCUT2D eigenvalue weighted by atomic mass is 9.56. The predicted octanol–water partition coefficient (Wildman–Crippen LogP) is 11.7. The van der Waals surface area contributed by atoms with Crippen molar-refractivity contribution in [1.29, 1.82) is 0 Å². The zero-order valence-electron chi connectivity index (χ0n) is 36.1. The van der Waals surface area contributed by atoms with Crippen LogP contribution in [0, 0.1) is 35.5 Å². The molecule has 12 rings (SSSR count). The van der Waals surface area contributed by atoms with E-state index in [1.54, 1.807) is 0 Å². The number of nitrogens with zero attached hydrogens (tertiary/aromatic N) is 4. The molecule has 8 fully saturated rings. The molecule has 0 amide bonds. The summed E-state index contributed by atoms with van der Waals surface area (Å²) in [5, 5.41) is 1.62. The maximum Gasteiger partial charge on any atom is 0.0900 e. The van der Waals surface area contributed by atoms with Crippen molar-refractivity contribution in [2.24, 2.45) is 35.5 Å². The Hall–Kier alpha value is -1.16. The van der Waals surface area contributed by atoms with Crippen LogP contribution < -0.4 is 21.7 Å².